The van der Waals surface area contributed by atoms with Gasteiger partial charge in [0.15, 0.2) is 6.10 Å². The van der Waals surface area contributed by atoms with Crippen LogP contribution in [0.1, 0.15) is 30.9 Å². The van der Waals surface area contributed by atoms with Crippen molar-refractivity contribution in [1.29, 1.82) is 0 Å². The summed E-state index contributed by atoms with van der Waals surface area (Å²) in [6.07, 6.45) is 1.59. The zero-order chi connectivity index (χ0) is 14.8. The molecule has 0 aliphatic carbocycles. The average molecular weight is 287 g/mol. The Bertz CT molecular complexity index is 585. The predicted molar refractivity (Wildman–Crippen MR) is 76.2 cm³/mol. The van der Waals surface area contributed by atoms with Crippen LogP contribution in [-0.4, -0.2) is 35.0 Å². The maximum atomic E-state index is 12.4. The van der Waals surface area contributed by atoms with Crippen LogP contribution in [0.4, 0.5) is 0 Å². The Morgan fingerprint density at radius 1 is 1.29 bits per heavy atom. The van der Waals surface area contributed by atoms with E-state index in [0.717, 1.165) is 12.0 Å². The van der Waals surface area contributed by atoms with Crippen molar-refractivity contribution in [3.63, 3.8) is 0 Å². The molecule has 0 bridgehead atoms. The summed E-state index contributed by atoms with van der Waals surface area (Å²) in [7, 11) is 0. The molecule has 2 aliphatic heterocycles. The zero-order valence-electron chi connectivity index (χ0n) is 11.6. The molecule has 1 fully saturated rings. The van der Waals surface area contributed by atoms with Gasteiger partial charge in [-0.15, -0.1) is 0 Å². The fourth-order valence-electron chi connectivity index (χ4n) is 2.82. The minimum absolute atomic E-state index is 0.236. The number of amides is 2. The third kappa shape index (κ3) is 2.61. The number of nitrogens with zero attached hydrogens (tertiary/aromatic N) is 2. The van der Waals surface area contributed by atoms with Crippen LogP contribution in [0.2, 0.25) is 0 Å². The highest BCUT2D eigenvalue weighted by molar-refractivity contribution is 6.39. The highest BCUT2D eigenvalue weighted by Gasteiger charge is 2.37. The van der Waals surface area contributed by atoms with Gasteiger partial charge in [0.1, 0.15) is 11.8 Å². The van der Waals surface area contributed by atoms with Gasteiger partial charge in [0.25, 0.3) is 5.91 Å². The average Bonchev–Trinajstić information content (AvgIpc) is 3.17. The van der Waals surface area contributed by atoms with Crippen LogP contribution >= 0.6 is 0 Å². The molecule has 110 valence electrons. The number of oxime groups is 1. The van der Waals surface area contributed by atoms with Gasteiger partial charge in [0.05, 0.1) is 0 Å². The Balaban J connectivity index is 1.68. The van der Waals surface area contributed by atoms with Crippen LogP contribution in [-0.2, 0) is 14.4 Å². The van der Waals surface area contributed by atoms with E-state index >= 15 is 0 Å². The Morgan fingerprint density at radius 3 is 2.76 bits per heavy atom. The number of likely N-dealkylation sites (tertiary alicyclic amines) is 1. The van der Waals surface area contributed by atoms with E-state index in [2.05, 4.69) is 5.16 Å². The molecule has 2 heterocycles. The second-order valence-electron chi connectivity index (χ2n) is 5.31. The van der Waals surface area contributed by atoms with Gasteiger partial charge in [0, 0.05) is 13.0 Å². The highest BCUT2D eigenvalue weighted by atomic mass is 16.6. The van der Waals surface area contributed by atoms with E-state index in [-0.39, 0.29) is 12.0 Å². The number of carbonyl (C=O) groups is 2. The van der Waals surface area contributed by atoms with Gasteiger partial charge in [0.2, 0.25) is 5.91 Å². The Hall–Kier alpha value is -2.37. The molecule has 0 aromatic heterocycles. The maximum Gasteiger partial charge on any atom is 0.272 e. The molecule has 0 spiro atoms. The molecule has 1 aromatic carbocycles. The van der Waals surface area contributed by atoms with Gasteiger partial charge in [-0.3, -0.25) is 9.59 Å². The smallest absolute Gasteiger partial charge is 0.272 e. The van der Waals surface area contributed by atoms with Crippen LogP contribution in [0.3, 0.4) is 0 Å². The first-order valence-corrected chi connectivity index (χ1v) is 7.04. The van der Waals surface area contributed by atoms with E-state index in [1.807, 2.05) is 30.3 Å². The van der Waals surface area contributed by atoms with Gasteiger partial charge in [-0.05, 0) is 18.4 Å². The first-order valence-electron chi connectivity index (χ1n) is 7.04. The van der Waals surface area contributed by atoms with E-state index < -0.39 is 11.9 Å². The lowest BCUT2D eigenvalue weighted by Gasteiger charge is -2.21. The van der Waals surface area contributed by atoms with Gasteiger partial charge >= 0.3 is 0 Å². The van der Waals surface area contributed by atoms with E-state index in [1.165, 1.54) is 4.90 Å². The Kier molecular flexibility index (Phi) is 3.60. The summed E-state index contributed by atoms with van der Waals surface area (Å²) in [5.74, 6) is -0.699. The lowest BCUT2D eigenvalue weighted by molar-refractivity contribution is -0.132. The number of hydrogen-bond acceptors (Lipinski definition) is 4. The molecular weight excluding hydrogens is 270 g/mol. The predicted octanol–water partition coefficient (Wildman–Crippen LogP) is 0.980. The molecule has 0 radical (unpaired) electrons. The number of benzene rings is 1. The SMILES string of the molecule is NC(=O)[C@H]1CCCN1C(=O)C1=NO[C@@H](c2ccccc2)C1. The second kappa shape index (κ2) is 5.55. The van der Waals surface area contributed by atoms with Crippen LogP contribution < -0.4 is 5.73 Å². The lowest BCUT2D eigenvalue weighted by Crippen LogP contribution is -2.46. The molecule has 0 saturated carbocycles. The largest absolute Gasteiger partial charge is 0.387 e. The minimum Gasteiger partial charge on any atom is -0.387 e. The quantitative estimate of drug-likeness (QED) is 0.899. The normalized spacial score (nSPS) is 24.6. The zero-order valence-corrected chi connectivity index (χ0v) is 11.6. The molecule has 0 unspecified atom stereocenters. The van der Waals surface area contributed by atoms with Crippen LogP contribution in [0.25, 0.3) is 0 Å². The first kappa shape index (κ1) is 13.6. The molecule has 2 atom stereocenters. The summed E-state index contributed by atoms with van der Waals surface area (Å²) < 4.78 is 0. The van der Waals surface area contributed by atoms with E-state index in [4.69, 9.17) is 10.6 Å². The van der Waals surface area contributed by atoms with Crippen molar-refractivity contribution in [3.05, 3.63) is 35.9 Å². The van der Waals surface area contributed by atoms with Crippen LogP contribution in [0.15, 0.2) is 35.5 Å². The van der Waals surface area contributed by atoms with Crippen molar-refractivity contribution in [2.75, 3.05) is 6.54 Å². The van der Waals surface area contributed by atoms with Crippen molar-refractivity contribution in [2.45, 2.75) is 31.4 Å². The fraction of sp³-hybridized carbons (Fsp3) is 0.400. The van der Waals surface area contributed by atoms with Crippen molar-refractivity contribution < 1.29 is 14.4 Å². The number of hydrogen-bond donors (Lipinski definition) is 1. The summed E-state index contributed by atoms with van der Waals surface area (Å²) in [5, 5.41) is 3.91. The molecule has 6 nitrogen and oxygen atoms in total. The molecule has 1 aromatic rings. The third-order valence-electron chi connectivity index (χ3n) is 3.93. The molecule has 2 amide bonds. The topological polar surface area (TPSA) is 85.0 Å². The van der Waals surface area contributed by atoms with E-state index in [1.54, 1.807) is 0 Å². The molecule has 21 heavy (non-hydrogen) atoms. The standard InChI is InChI=1S/C15H17N3O3/c16-14(19)12-7-4-8-18(12)15(20)11-9-13(21-17-11)10-5-2-1-3-6-10/h1-3,5-6,12-13H,4,7-9H2,(H2,16,19)/t12-,13-/m1/s1. The number of rotatable bonds is 3. The molecule has 2 aliphatic rings. The first-order chi connectivity index (χ1) is 10.2. The van der Waals surface area contributed by atoms with E-state index in [9.17, 15) is 9.59 Å². The van der Waals surface area contributed by atoms with Crippen LogP contribution in [0, 0.1) is 0 Å². The van der Waals surface area contributed by atoms with Crippen LogP contribution in [0.5, 0.6) is 0 Å². The third-order valence-corrected chi connectivity index (χ3v) is 3.93. The number of nitrogens with two attached hydrogens (primary N) is 1. The summed E-state index contributed by atoms with van der Waals surface area (Å²) in [6.45, 7) is 0.543. The van der Waals surface area contributed by atoms with Crippen molar-refractivity contribution in [3.8, 4) is 0 Å². The summed E-state index contributed by atoms with van der Waals surface area (Å²) >= 11 is 0. The van der Waals surface area contributed by atoms with Crippen molar-refractivity contribution in [2.24, 2.45) is 10.9 Å². The minimum atomic E-state index is -0.518. The summed E-state index contributed by atoms with van der Waals surface area (Å²) in [6, 6.07) is 9.12. The number of carbonyl (C=O) groups excluding carboxylic acids is 2. The van der Waals surface area contributed by atoms with Gasteiger partial charge < -0.3 is 15.5 Å². The van der Waals surface area contributed by atoms with Gasteiger partial charge in [-0.25, -0.2) is 0 Å². The van der Waals surface area contributed by atoms with Crippen molar-refractivity contribution >= 4 is 17.5 Å². The van der Waals surface area contributed by atoms with E-state index in [0.29, 0.717) is 25.1 Å². The Morgan fingerprint density at radius 2 is 2.05 bits per heavy atom. The lowest BCUT2D eigenvalue weighted by atomic mass is 10.0. The molecule has 2 N–H and O–H groups in total. The number of primary amides is 1. The van der Waals surface area contributed by atoms with Gasteiger partial charge in [-0.1, -0.05) is 35.5 Å². The molecule has 3 rings (SSSR count). The van der Waals surface area contributed by atoms with Crippen molar-refractivity contribution in [1.82, 2.24) is 4.90 Å². The molecular formula is C15H17N3O3. The summed E-state index contributed by atoms with van der Waals surface area (Å²) in [4.78, 5) is 30.7. The monoisotopic (exact) mass is 287 g/mol. The highest BCUT2D eigenvalue weighted by Crippen LogP contribution is 2.28. The van der Waals surface area contributed by atoms with Gasteiger partial charge in [-0.2, -0.15) is 0 Å². The summed E-state index contributed by atoms with van der Waals surface area (Å²) in [5.41, 5.74) is 6.68. The second-order valence-corrected chi connectivity index (χ2v) is 5.31. The Labute approximate surface area is 122 Å². The fourth-order valence-corrected chi connectivity index (χ4v) is 2.82. The molecule has 1 saturated heterocycles. The maximum absolute atomic E-state index is 12.4. The molecule has 6 heteroatoms.